The van der Waals surface area contributed by atoms with E-state index in [4.69, 9.17) is 0 Å². The zero-order valence-electron chi connectivity index (χ0n) is 18.4. The van der Waals surface area contributed by atoms with E-state index in [0.29, 0.717) is 17.6 Å². The Kier molecular flexibility index (Phi) is 5.86. The zero-order valence-corrected chi connectivity index (χ0v) is 18.4. The molecule has 0 spiro atoms. The van der Waals surface area contributed by atoms with Crippen LogP contribution in [0.2, 0.25) is 0 Å². The van der Waals surface area contributed by atoms with Crippen molar-refractivity contribution in [3.8, 4) is 5.69 Å². The molecule has 7 nitrogen and oxygen atoms in total. The number of fused-ring (bicyclic) bond motifs is 1. The Morgan fingerprint density at radius 3 is 2.65 bits per heavy atom. The predicted octanol–water partition coefficient (Wildman–Crippen LogP) is 4.37. The minimum Gasteiger partial charge on any atom is -0.338 e. The van der Waals surface area contributed by atoms with Gasteiger partial charge in [0.2, 0.25) is 0 Å². The van der Waals surface area contributed by atoms with Gasteiger partial charge in [-0.05, 0) is 37.8 Å². The molecular formula is C23H24F4N6O. The second-order valence-electron chi connectivity index (χ2n) is 8.79. The molecule has 0 aliphatic carbocycles. The molecule has 0 saturated carbocycles. The second kappa shape index (κ2) is 8.84. The van der Waals surface area contributed by atoms with E-state index < -0.39 is 29.2 Å². The minimum absolute atomic E-state index is 0.104. The number of rotatable bonds is 3. The maximum absolute atomic E-state index is 14.2. The molecule has 0 bridgehead atoms. The lowest BCUT2D eigenvalue weighted by molar-refractivity contribution is -0.143. The van der Waals surface area contributed by atoms with Gasteiger partial charge in [0.25, 0.3) is 5.91 Å². The number of aromatic nitrogens is 5. The fraction of sp³-hybridized carbons (Fsp3) is 0.478. The van der Waals surface area contributed by atoms with Crippen LogP contribution in [0.25, 0.3) is 5.69 Å². The molecule has 1 fully saturated rings. The molecule has 5 rings (SSSR count). The molecule has 1 aromatic carbocycles. The first-order valence-electron chi connectivity index (χ1n) is 11.5. The highest BCUT2D eigenvalue weighted by molar-refractivity contribution is 5.95. The van der Waals surface area contributed by atoms with Crippen molar-refractivity contribution in [3.05, 3.63) is 59.2 Å². The summed E-state index contributed by atoms with van der Waals surface area (Å²) >= 11 is 0. The van der Waals surface area contributed by atoms with Crippen molar-refractivity contribution in [1.82, 2.24) is 29.4 Å². The highest BCUT2D eigenvalue weighted by atomic mass is 19.4. The van der Waals surface area contributed by atoms with E-state index in [-0.39, 0.29) is 18.2 Å². The topological polar surface area (TPSA) is 68.8 Å². The molecule has 1 unspecified atom stereocenters. The molecule has 0 N–H and O–H groups in total. The Labute approximate surface area is 193 Å². The van der Waals surface area contributed by atoms with Crippen molar-refractivity contribution in [2.45, 2.75) is 57.2 Å². The lowest BCUT2D eigenvalue weighted by Gasteiger charge is -2.32. The van der Waals surface area contributed by atoms with Gasteiger partial charge in [0.1, 0.15) is 23.2 Å². The van der Waals surface area contributed by atoms with Crippen LogP contribution < -0.4 is 0 Å². The van der Waals surface area contributed by atoms with Crippen LogP contribution in [0.15, 0.2) is 30.5 Å². The minimum atomic E-state index is -4.90. The maximum Gasteiger partial charge on any atom is 0.434 e. The van der Waals surface area contributed by atoms with Crippen LogP contribution in [0.4, 0.5) is 17.6 Å². The number of amides is 1. The van der Waals surface area contributed by atoms with Crippen molar-refractivity contribution in [2.24, 2.45) is 0 Å². The normalized spacial score (nSPS) is 19.1. The highest BCUT2D eigenvalue weighted by Crippen LogP contribution is 2.36. The number of nitrogens with zero attached hydrogens (tertiary/aromatic N) is 6. The van der Waals surface area contributed by atoms with Crippen molar-refractivity contribution in [3.63, 3.8) is 0 Å². The lowest BCUT2D eigenvalue weighted by Crippen LogP contribution is -2.40. The van der Waals surface area contributed by atoms with Gasteiger partial charge in [0.05, 0.1) is 11.8 Å². The number of likely N-dealkylation sites (tertiary alicyclic amines) is 1. The number of carbonyl (C=O) groups is 1. The summed E-state index contributed by atoms with van der Waals surface area (Å²) in [4.78, 5) is 14.7. The summed E-state index contributed by atoms with van der Waals surface area (Å²) in [6, 6.07) is 5.04. The summed E-state index contributed by atoms with van der Waals surface area (Å²) in [5, 5.41) is 12.4. The van der Waals surface area contributed by atoms with Gasteiger partial charge in [-0.15, -0.1) is 10.2 Å². The Morgan fingerprint density at radius 1 is 1.03 bits per heavy atom. The number of hydrogen-bond donors (Lipinski definition) is 0. The SMILES string of the molecule is O=C(c1cnn(-c2ccccc2F)c1C(F)(F)F)N1CCCC(c2nnc3n2CCCCC3)C1. The maximum atomic E-state index is 14.2. The predicted molar refractivity (Wildman–Crippen MR) is 114 cm³/mol. The molecule has 2 aromatic heterocycles. The number of benzene rings is 1. The molecule has 1 amide bonds. The monoisotopic (exact) mass is 476 g/mol. The van der Waals surface area contributed by atoms with E-state index >= 15 is 0 Å². The van der Waals surface area contributed by atoms with Crippen molar-refractivity contribution >= 4 is 5.91 Å². The van der Waals surface area contributed by atoms with E-state index in [2.05, 4.69) is 19.9 Å². The third-order valence-corrected chi connectivity index (χ3v) is 6.56. The molecule has 11 heteroatoms. The number of aryl methyl sites for hydroxylation is 1. The molecule has 0 radical (unpaired) electrons. The summed E-state index contributed by atoms with van der Waals surface area (Å²) < 4.78 is 58.9. The molecule has 1 atom stereocenters. The first-order valence-corrected chi connectivity index (χ1v) is 11.5. The number of carbonyl (C=O) groups excluding carboxylic acids is 1. The molecular weight excluding hydrogens is 452 g/mol. The number of hydrogen-bond acceptors (Lipinski definition) is 4. The van der Waals surface area contributed by atoms with Gasteiger partial charge < -0.3 is 9.47 Å². The summed E-state index contributed by atoms with van der Waals surface area (Å²) in [7, 11) is 0. The summed E-state index contributed by atoms with van der Waals surface area (Å²) in [6.07, 6.45) is 1.45. The van der Waals surface area contributed by atoms with E-state index in [9.17, 15) is 22.4 Å². The van der Waals surface area contributed by atoms with Crippen molar-refractivity contribution in [2.75, 3.05) is 13.1 Å². The Hall–Kier alpha value is -3.24. The summed E-state index contributed by atoms with van der Waals surface area (Å²) in [5.41, 5.74) is -2.23. The number of para-hydroxylation sites is 1. The van der Waals surface area contributed by atoms with Crippen LogP contribution in [0.1, 0.15) is 65.7 Å². The van der Waals surface area contributed by atoms with Gasteiger partial charge in [-0.25, -0.2) is 9.07 Å². The van der Waals surface area contributed by atoms with Crippen molar-refractivity contribution in [1.29, 1.82) is 0 Å². The Balaban J connectivity index is 1.45. The van der Waals surface area contributed by atoms with Gasteiger partial charge in [-0.3, -0.25) is 4.79 Å². The van der Waals surface area contributed by atoms with E-state index in [1.165, 1.54) is 23.1 Å². The van der Waals surface area contributed by atoms with Crippen LogP contribution in [-0.2, 0) is 19.1 Å². The first kappa shape index (κ1) is 22.5. The largest absolute Gasteiger partial charge is 0.434 e. The molecule has 180 valence electrons. The van der Waals surface area contributed by atoms with Crippen LogP contribution in [0, 0.1) is 5.82 Å². The molecule has 34 heavy (non-hydrogen) atoms. The van der Waals surface area contributed by atoms with Gasteiger partial charge in [0.15, 0.2) is 5.69 Å². The Morgan fingerprint density at radius 2 is 1.85 bits per heavy atom. The molecule has 2 aliphatic rings. The van der Waals surface area contributed by atoms with Crippen LogP contribution in [-0.4, -0.2) is 48.4 Å². The third kappa shape index (κ3) is 4.07. The van der Waals surface area contributed by atoms with Crippen LogP contribution in [0.3, 0.4) is 0 Å². The molecule has 4 heterocycles. The average Bonchev–Trinajstić information content (AvgIpc) is 3.37. The van der Waals surface area contributed by atoms with E-state index in [1.807, 2.05) is 0 Å². The molecule has 1 saturated heterocycles. The third-order valence-electron chi connectivity index (χ3n) is 6.56. The molecule has 3 aromatic rings. The summed E-state index contributed by atoms with van der Waals surface area (Å²) in [6.45, 7) is 1.40. The number of alkyl halides is 3. The van der Waals surface area contributed by atoms with E-state index in [1.54, 1.807) is 0 Å². The van der Waals surface area contributed by atoms with Crippen LogP contribution in [0.5, 0.6) is 0 Å². The standard InChI is InChI=1S/C23H24F4N6O/c24-17-8-3-4-9-18(17)33-20(23(25,26)27)16(13-28-33)22(34)31-11-6-7-15(14-31)21-30-29-19-10-2-1-5-12-32(19)21/h3-4,8-9,13,15H,1-2,5-7,10-12,14H2. The fourth-order valence-corrected chi connectivity index (χ4v) is 4.94. The highest BCUT2D eigenvalue weighted by Gasteiger charge is 2.42. The average molecular weight is 476 g/mol. The number of piperidine rings is 1. The zero-order chi connectivity index (χ0) is 23.9. The fourth-order valence-electron chi connectivity index (χ4n) is 4.94. The second-order valence-corrected chi connectivity index (χ2v) is 8.79. The van der Waals surface area contributed by atoms with Gasteiger partial charge in [-0.1, -0.05) is 18.6 Å². The summed E-state index contributed by atoms with van der Waals surface area (Å²) in [5.74, 6) is -0.00202. The van der Waals surface area contributed by atoms with Gasteiger partial charge >= 0.3 is 6.18 Å². The van der Waals surface area contributed by atoms with Crippen molar-refractivity contribution < 1.29 is 22.4 Å². The molecule has 2 aliphatic heterocycles. The smallest absolute Gasteiger partial charge is 0.338 e. The van der Waals surface area contributed by atoms with Gasteiger partial charge in [-0.2, -0.15) is 18.3 Å². The Bertz CT molecular complexity index is 1200. The lowest BCUT2D eigenvalue weighted by atomic mass is 9.96. The first-order chi connectivity index (χ1) is 16.3. The quantitative estimate of drug-likeness (QED) is 0.527. The van der Waals surface area contributed by atoms with Crippen LogP contribution >= 0.6 is 0 Å². The number of halogens is 4. The van der Waals surface area contributed by atoms with Gasteiger partial charge in [0, 0.05) is 32.0 Å². The van der Waals surface area contributed by atoms with E-state index in [0.717, 1.165) is 62.6 Å².